The van der Waals surface area contributed by atoms with Crippen LogP contribution in [0.5, 0.6) is 0 Å². The van der Waals surface area contributed by atoms with Gasteiger partial charge >= 0.3 is 0 Å². The maximum Gasteiger partial charge on any atom is 0.245 e. The van der Waals surface area contributed by atoms with E-state index in [1.165, 1.54) is 6.42 Å². The first kappa shape index (κ1) is 12.4. The van der Waals surface area contributed by atoms with Crippen molar-refractivity contribution in [3.05, 3.63) is 0 Å². The smallest absolute Gasteiger partial charge is 0.245 e. The third kappa shape index (κ3) is 2.17. The van der Waals surface area contributed by atoms with Gasteiger partial charge in [-0.3, -0.25) is 9.59 Å². The monoisotopic (exact) mass is 238 g/mol. The number of rotatable bonds is 2. The van der Waals surface area contributed by atoms with E-state index >= 15 is 0 Å². The Hall–Kier alpha value is -1.06. The molecule has 0 aromatic carbocycles. The van der Waals surface area contributed by atoms with Gasteiger partial charge in [0.2, 0.25) is 11.8 Å². The fourth-order valence-electron chi connectivity index (χ4n) is 2.74. The van der Waals surface area contributed by atoms with Gasteiger partial charge in [-0.15, -0.1) is 0 Å². The molecule has 0 bridgehead atoms. The Bertz CT molecular complexity index is 334. The number of hydrogen-bond donors (Lipinski definition) is 1. The molecular weight excluding hydrogens is 216 g/mol. The van der Waals surface area contributed by atoms with Gasteiger partial charge in [0, 0.05) is 18.5 Å². The van der Waals surface area contributed by atoms with Crippen molar-refractivity contribution >= 4 is 11.8 Å². The van der Waals surface area contributed by atoms with Crippen molar-refractivity contribution in [3.63, 3.8) is 0 Å². The topological polar surface area (TPSA) is 49.4 Å². The molecule has 1 N–H and O–H groups in total. The molecule has 4 heteroatoms. The van der Waals surface area contributed by atoms with E-state index in [0.717, 1.165) is 12.8 Å². The lowest BCUT2D eigenvalue weighted by molar-refractivity contribution is -0.143. The number of nitrogens with zero attached hydrogens (tertiary/aromatic N) is 1. The largest absolute Gasteiger partial charge is 0.344 e. The molecule has 2 aliphatic rings. The van der Waals surface area contributed by atoms with E-state index in [4.69, 9.17) is 0 Å². The maximum absolute atomic E-state index is 12.5. The summed E-state index contributed by atoms with van der Waals surface area (Å²) in [5.41, 5.74) is -0.00345. The molecule has 17 heavy (non-hydrogen) atoms. The van der Waals surface area contributed by atoms with Crippen LogP contribution in [0.25, 0.3) is 0 Å². The molecule has 1 unspecified atom stereocenters. The molecule has 1 saturated heterocycles. The fourth-order valence-corrected chi connectivity index (χ4v) is 2.74. The molecule has 1 heterocycles. The summed E-state index contributed by atoms with van der Waals surface area (Å²) in [7, 11) is 0. The fraction of sp³-hybridized carbons (Fsp3) is 0.846. The van der Waals surface area contributed by atoms with Crippen LogP contribution in [-0.2, 0) is 9.59 Å². The number of nitrogens with one attached hydrogen (secondary N) is 1. The van der Waals surface area contributed by atoms with Crippen LogP contribution in [0.2, 0.25) is 0 Å². The summed E-state index contributed by atoms with van der Waals surface area (Å²) >= 11 is 0. The van der Waals surface area contributed by atoms with Crippen molar-refractivity contribution in [1.29, 1.82) is 0 Å². The van der Waals surface area contributed by atoms with Gasteiger partial charge in [-0.2, -0.15) is 0 Å². The Morgan fingerprint density at radius 1 is 1.35 bits per heavy atom. The van der Waals surface area contributed by atoms with Crippen LogP contribution in [0.4, 0.5) is 0 Å². The second-order valence-corrected chi connectivity index (χ2v) is 5.88. The lowest BCUT2D eigenvalue weighted by atomic mass is 9.76. The van der Waals surface area contributed by atoms with E-state index in [0.29, 0.717) is 13.0 Å². The zero-order valence-electron chi connectivity index (χ0n) is 11.0. The number of carbonyl (C=O) groups is 2. The van der Waals surface area contributed by atoms with Gasteiger partial charge in [-0.25, -0.2) is 0 Å². The second-order valence-electron chi connectivity index (χ2n) is 5.88. The van der Waals surface area contributed by atoms with Crippen molar-refractivity contribution < 1.29 is 9.59 Å². The van der Waals surface area contributed by atoms with E-state index in [-0.39, 0.29) is 29.3 Å². The summed E-state index contributed by atoms with van der Waals surface area (Å²) in [6.07, 6.45) is 3.76. The van der Waals surface area contributed by atoms with Crippen molar-refractivity contribution in [1.82, 2.24) is 10.2 Å². The molecule has 2 rings (SSSR count). The Balaban J connectivity index is 2.21. The summed E-state index contributed by atoms with van der Waals surface area (Å²) < 4.78 is 0. The molecule has 2 amide bonds. The molecule has 1 saturated carbocycles. The molecule has 96 valence electrons. The molecule has 2 fully saturated rings. The average molecular weight is 238 g/mol. The van der Waals surface area contributed by atoms with Crippen molar-refractivity contribution in [2.24, 2.45) is 5.92 Å². The second kappa shape index (κ2) is 4.31. The van der Waals surface area contributed by atoms with Crippen LogP contribution in [0.1, 0.15) is 46.5 Å². The summed E-state index contributed by atoms with van der Waals surface area (Å²) in [5, 5.41) is 2.85. The van der Waals surface area contributed by atoms with Crippen LogP contribution in [0.3, 0.4) is 0 Å². The van der Waals surface area contributed by atoms with Gasteiger partial charge < -0.3 is 10.2 Å². The minimum atomic E-state index is -0.345. The van der Waals surface area contributed by atoms with Crippen LogP contribution >= 0.6 is 0 Å². The molecule has 0 spiro atoms. The van der Waals surface area contributed by atoms with Gasteiger partial charge in [0.25, 0.3) is 0 Å². The highest BCUT2D eigenvalue weighted by molar-refractivity contribution is 5.90. The summed E-state index contributed by atoms with van der Waals surface area (Å²) in [4.78, 5) is 26.1. The minimum absolute atomic E-state index is 0.00229. The minimum Gasteiger partial charge on any atom is -0.344 e. The molecule has 0 aromatic rings. The van der Waals surface area contributed by atoms with Crippen LogP contribution < -0.4 is 5.32 Å². The first-order valence-corrected chi connectivity index (χ1v) is 6.55. The van der Waals surface area contributed by atoms with E-state index in [1.807, 2.05) is 18.7 Å². The Labute approximate surface area is 103 Å². The summed E-state index contributed by atoms with van der Waals surface area (Å²) in [6.45, 7) is 6.68. The molecule has 0 aromatic heterocycles. The van der Waals surface area contributed by atoms with Crippen molar-refractivity contribution in [2.45, 2.75) is 58.0 Å². The van der Waals surface area contributed by atoms with Gasteiger partial charge in [0.1, 0.15) is 6.04 Å². The lowest BCUT2D eigenvalue weighted by Gasteiger charge is -2.48. The van der Waals surface area contributed by atoms with Gasteiger partial charge in [0.15, 0.2) is 0 Å². The molecule has 0 radical (unpaired) electrons. The third-order valence-corrected chi connectivity index (χ3v) is 4.16. The van der Waals surface area contributed by atoms with Crippen LogP contribution in [-0.4, -0.2) is 34.8 Å². The molecule has 1 aliphatic heterocycles. The highest BCUT2D eigenvalue weighted by Crippen LogP contribution is 2.38. The van der Waals surface area contributed by atoms with E-state index in [9.17, 15) is 9.59 Å². The van der Waals surface area contributed by atoms with Crippen molar-refractivity contribution in [2.75, 3.05) is 6.54 Å². The van der Waals surface area contributed by atoms with E-state index in [1.54, 1.807) is 0 Å². The number of hydrogen-bond acceptors (Lipinski definition) is 2. The molecule has 4 nitrogen and oxygen atoms in total. The number of carbonyl (C=O) groups excluding carboxylic acids is 2. The highest BCUT2D eigenvalue weighted by atomic mass is 16.2. The molecular formula is C13H22N2O2. The number of amides is 2. The zero-order chi connectivity index (χ0) is 12.6. The van der Waals surface area contributed by atoms with Gasteiger partial charge in [0.05, 0.1) is 0 Å². The lowest BCUT2D eigenvalue weighted by Crippen LogP contribution is -2.58. The van der Waals surface area contributed by atoms with Crippen LogP contribution in [0.15, 0.2) is 0 Å². The molecule has 1 atom stereocenters. The quantitative estimate of drug-likeness (QED) is 0.788. The maximum atomic E-state index is 12.5. The first-order chi connectivity index (χ1) is 7.94. The predicted octanol–water partition coefficient (Wildman–Crippen LogP) is 1.30. The standard InChI is InChI=1S/C13H22N2O2/c1-9(2)11-12(17)15(8-5-10(16)14-11)13(3)6-4-7-13/h9,11H,4-8H2,1-3H3,(H,14,16). The Kier molecular flexibility index (Phi) is 3.15. The average Bonchev–Trinajstić information content (AvgIpc) is 2.36. The first-order valence-electron chi connectivity index (χ1n) is 6.55. The normalized spacial score (nSPS) is 28.7. The third-order valence-electron chi connectivity index (χ3n) is 4.16. The zero-order valence-corrected chi connectivity index (χ0v) is 11.0. The van der Waals surface area contributed by atoms with E-state index < -0.39 is 0 Å². The van der Waals surface area contributed by atoms with E-state index in [2.05, 4.69) is 12.2 Å². The van der Waals surface area contributed by atoms with Gasteiger partial charge in [-0.1, -0.05) is 13.8 Å². The SMILES string of the molecule is CC(C)C1NC(=O)CCN(C2(C)CCC2)C1=O. The predicted molar refractivity (Wildman–Crippen MR) is 65.4 cm³/mol. The summed E-state index contributed by atoms with van der Waals surface area (Å²) in [5.74, 6) is 0.256. The molecule has 1 aliphatic carbocycles. The summed E-state index contributed by atoms with van der Waals surface area (Å²) in [6, 6.07) is -0.345. The Morgan fingerprint density at radius 2 is 2.00 bits per heavy atom. The van der Waals surface area contributed by atoms with Crippen molar-refractivity contribution in [3.8, 4) is 0 Å². The highest BCUT2D eigenvalue weighted by Gasteiger charge is 2.44. The van der Waals surface area contributed by atoms with Gasteiger partial charge in [-0.05, 0) is 32.1 Å². The van der Waals surface area contributed by atoms with Crippen LogP contribution in [0, 0.1) is 5.92 Å². The Morgan fingerprint density at radius 3 is 2.47 bits per heavy atom.